The molecule has 3 aliphatic rings. The van der Waals surface area contributed by atoms with Gasteiger partial charge in [-0.25, -0.2) is 0 Å². The van der Waals surface area contributed by atoms with E-state index in [0.717, 1.165) is 68.3 Å². The van der Waals surface area contributed by atoms with E-state index in [1.807, 2.05) is 12.1 Å². The lowest BCUT2D eigenvalue weighted by atomic mass is 10.0. The predicted molar refractivity (Wildman–Crippen MR) is 144 cm³/mol. The largest absolute Gasteiger partial charge is 0.494 e. The van der Waals surface area contributed by atoms with Crippen LogP contribution < -0.4 is 9.64 Å². The molecule has 2 aromatic rings. The molecule has 2 saturated heterocycles. The van der Waals surface area contributed by atoms with E-state index >= 15 is 0 Å². The Labute approximate surface area is 228 Å². The highest BCUT2D eigenvalue weighted by atomic mass is 19.4. The summed E-state index contributed by atoms with van der Waals surface area (Å²) in [6, 6.07) is 8.18. The Morgan fingerprint density at radius 1 is 0.821 bits per heavy atom. The van der Waals surface area contributed by atoms with Gasteiger partial charge in [-0.05, 0) is 51.5 Å². The lowest BCUT2D eigenvalue weighted by Gasteiger charge is -2.42. The van der Waals surface area contributed by atoms with Gasteiger partial charge >= 0.3 is 6.18 Å². The Bertz CT molecular complexity index is 1130. The van der Waals surface area contributed by atoms with Crippen molar-refractivity contribution < 1.29 is 17.9 Å². The zero-order valence-corrected chi connectivity index (χ0v) is 23.1. The van der Waals surface area contributed by atoms with Crippen molar-refractivity contribution in [2.45, 2.75) is 51.7 Å². The number of hydrogen-bond donors (Lipinski definition) is 0. The van der Waals surface area contributed by atoms with Gasteiger partial charge in [-0.1, -0.05) is 0 Å². The number of alkyl halides is 3. The molecule has 39 heavy (non-hydrogen) atoms. The number of anilines is 1. The van der Waals surface area contributed by atoms with E-state index in [-0.39, 0.29) is 11.4 Å². The molecular formula is C27H39F3N8O. The van der Waals surface area contributed by atoms with Crippen LogP contribution in [0.3, 0.4) is 0 Å². The van der Waals surface area contributed by atoms with Gasteiger partial charge in [0.05, 0.1) is 6.61 Å². The number of fused-ring (bicyclic) bond motifs is 1. The van der Waals surface area contributed by atoms with Crippen LogP contribution in [0.5, 0.6) is 5.75 Å². The minimum Gasteiger partial charge on any atom is -0.494 e. The summed E-state index contributed by atoms with van der Waals surface area (Å²) in [6.07, 6.45) is -2.61. The molecule has 0 atom stereocenters. The molecule has 0 radical (unpaired) electrons. The van der Waals surface area contributed by atoms with Crippen molar-refractivity contribution in [3.8, 4) is 5.75 Å². The van der Waals surface area contributed by atoms with Crippen LogP contribution in [0.25, 0.3) is 0 Å². The second kappa shape index (κ2) is 11.3. The summed E-state index contributed by atoms with van der Waals surface area (Å²) in [6.45, 7) is 16.0. The number of nitrogens with zero attached hydrogens (tertiary/aromatic N) is 8. The standard InChI is InChI=1S/C27H39F3N8O/c1-26(2,3)37-18-12-34(13-19-37)11-4-20-39-22-7-5-21(6-8-22)35-14-16-36(17-15-35)24-10-9-23-31-32-25(27(28,29)30)38(23)33-24/h5-8H,4,9-20H2,1-3H3. The fourth-order valence-corrected chi connectivity index (χ4v) is 5.46. The third-order valence-corrected chi connectivity index (χ3v) is 7.80. The zero-order chi connectivity index (χ0) is 27.6. The van der Waals surface area contributed by atoms with Crippen LogP contribution in [0.15, 0.2) is 29.4 Å². The number of piperazine rings is 2. The molecule has 0 amide bonds. The number of amidine groups is 1. The Morgan fingerprint density at radius 3 is 2.13 bits per heavy atom. The molecule has 2 fully saturated rings. The van der Waals surface area contributed by atoms with Crippen molar-refractivity contribution in [1.82, 2.24) is 29.6 Å². The number of hydrogen-bond acceptors (Lipinski definition) is 8. The van der Waals surface area contributed by atoms with E-state index in [1.165, 1.54) is 0 Å². The normalized spacial score (nSPS) is 19.7. The first-order chi connectivity index (χ1) is 18.6. The first-order valence-electron chi connectivity index (χ1n) is 13.9. The van der Waals surface area contributed by atoms with E-state index in [0.29, 0.717) is 38.4 Å². The molecule has 5 rings (SSSR count). The van der Waals surface area contributed by atoms with Crippen LogP contribution in [0, 0.1) is 0 Å². The maximum absolute atomic E-state index is 13.2. The summed E-state index contributed by atoms with van der Waals surface area (Å²) < 4.78 is 46.5. The van der Waals surface area contributed by atoms with Crippen LogP contribution >= 0.6 is 0 Å². The van der Waals surface area contributed by atoms with Gasteiger partial charge in [0.2, 0.25) is 0 Å². The number of aryl methyl sites for hydroxylation is 1. The number of ether oxygens (including phenoxy) is 1. The Kier molecular flexibility index (Phi) is 8.04. The second-order valence-electron chi connectivity index (χ2n) is 11.4. The summed E-state index contributed by atoms with van der Waals surface area (Å²) >= 11 is 0. The molecule has 12 heteroatoms. The Balaban J connectivity index is 1.05. The molecule has 214 valence electrons. The summed E-state index contributed by atoms with van der Waals surface area (Å²) in [5.74, 6) is 0.726. The minimum absolute atomic E-state index is 0.243. The van der Waals surface area contributed by atoms with E-state index in [2.05, 4.69) is 67.8 Å². The number of rotatable bonds is 6. The fourth-order valence-electron chi connectivity index (χ4n) is 5.46. The van der Waals surface area contributed by atoms with Crippen molar-refractivity contribution in [2.75, 3.05) is 70.4 Å². The molecular weight excluding hydrogens is 509 g/mol. The van der Waals surface area contributed by atoms with Gasteiger partial charge in [-0.2, -0.15) is 22.9 Å². The summed E-state index contributed by atoms with van der Waals surface area (Å²) in [7, 11) is 0. The van der Waals surface area contributed by atoms with Crippen LogP contribution in [-0.4, -0.2) is 106 Å². The average Bonchev–Trinajstić information content (AvgIpc) is 3.36. The molecule has 0 aliphatic carbocycles. The lowest BCUT2D eigenvalue weighted by Crippen LogP contribution is -2.53. The minimum atomic E-state index is -4.58. The van der Waals surface area contributed by atoms with Gasteiger partial charge in [0.1, 0.15) is 11.6 Å². The molecule has 0 unspecified atom stereocenters. The number of halogens is 3. The van der Waals surface area contributed by atoms with Gasteiger partial charge < -0.3 is 19.4 Å². The lowest BCUT2D eigenvalue weighted by molar-refractivity contribution is -0.147. The van der Waals surface area contributed by atoms with Crippen molar-refractivity contribution in [2.24, 2.45) is 5.10 Å². The topological polar surface area (TPSA) is 65.3 Å². The van der Waals surface area contributed by atoms with Crippen LogP contribution in [0.4, 0.5) is 18.9 Å². The first-order valence-corrected chi connectivity index (χ1v) is 13.9. The average molecular weight is 549 g/mol. The van der Waals surface area contributed by atoms with Crippen LogP contribution in [0.2, 0.25) is 0 Å². The molecule has 9 nitrogen and oxygen atoms in total. The van der Waals surface area contributed by atoms with Gasteiger partial charge in [0.15, 0.2) is 5.82 Å². The summed E-state index contributed by atoms with van der Waals surface area (Å²) in [4.78, 5) is 9.42. The summed E-state index contributed by atoms with van der Waals surface area (Å²) in [5, 5.41) is 11.2. The molecule has 4 heterocycles. The van der Waals surface area contributed by atoms with Gasteiger partial charge in [-0.3, -0.25) is 4.90 Å². The maximum atomic E-state index is 13.2. The highest BCUT2D eigenvalue weighted by Crippen LogP contribution is 2.30. The van der Waals surface area contributed by atoms with Gasteiger partial charge in [0, 0.05) is 83.0 Å². The third-order valence-electron chi connectivity index (χ3n) is 7.80. The third kappa shape index (κ3) is 6.66. The molecule has 3 aliphatic heterocycles. The second-order valence-corrected chi connectivity index (χ2v) is 11.4. The SMILES string of the molecule is CC(C)(C)N1CCN(CCCOc2ccc(N3CCN(C4=Nn5c(nnc5C(F)(F)F)CC4)CC3)cc2)CC1. The van der Waals surface area contributed by atoms with Crippen LogP contribution in [0.1, 0.15) is 45.3 Å². The zero-order valence-electron chi connectivity index (χ0n) is 23.1. The highest BCUT2D eigenvalue weighted by molar-refractivity contribution is 5.83. The van der Waals surface area contributed by atoms with Crippen molar-refractivity contribution in [3.63, 3.8) is 0 Å². The molecule has 0 saturated carbocycles. The number of aromatic nitrogens is 3. The smallest absolute Gasteiger partial charge is 0.453 e. The number of benzene rings is 1. The van der Waals surface area contributed by atoms with E-state index in [1.54, 1.807) is 0 Å². The predicted octanol–water partition coefficient (Wildman–Crippen LogP) is 3.41. The summed E-state index contributed by atoms with van der Waals surface area (Å²) in [5.41, 5.74) is 1.36. The van der Waals surface area contributed by atoms with Crippen molar-refractivity contribution in [1.29, 1.82) is 0 Å². The van der Waals surface area contributed by atoms with Crippen molar-refractivity contribution >= 4 is 11.5 Å². The maximum Gasteiger partial charge on any atom is 0.453 e. The molecule has 0 spiro atoms. The molecule has 1 aromatic carbocycles. The van der Waals surface area contributed by atoms with E-state index < -0.39 is 12.0 Å². The molecule has 0 bridgehead atoms. The highest BCUT2D eigenvalue weighted by Gasteiger charge is 2.40. The van der Waals surface area contributed by atoms with Crippen LogP contribution in [-0.2, 0) is 12.6 Å². The Morgan fingerprint density at radius 2 is 1.49 bits per heavy atom. The monoisotopic (exact) mass is 548 g/mol. The first kappa shape index (κ1) is 27.7. The van der Waals surface area contributed by atoms with E-state index in [4.69, 9.17) is 4.74 Å². The van der Waals surface area contributed by atoms with E-state index in [9.17, 15) is 13.2 Å². The molecule has 0 N–H and O–H groups in total. The van der Waals surface area contributed by atoms with Gasteiger partial charge in [0.25, 0.3) is 5.82 Å². The Hall–Kier alpha value is -2.86. The van der Waals surface area contributed by atoms with Gasteiger partial charge in [-0.15, -0.1) is 10.2 Å². The fraction of sp³-hybridized carbons (Fsp3) is 0.667. The van der Waals surface area contributed by atoms with Crippen molar-refractivity contribution in [3.05, 3.63) is 35.9 Å². The molecule has 1 aromatic heterocycles. The quantitative estimate of drug-likeness (QED) is 0.513.